The van der Waals surface area contributed by atoms with Gasteiger partial charge in [0.25, 0.3) is 0 Å². The average molecular weight is 282 g/mol. The lowest BCUT2D eigenvalue weighted by atomic mass is 10.4. The number of nitrogens with two attached hydrogens (primary N) is 1. The van der Waals surface area contributed by atoms with Crippen molar-refractivity contribution in [3.63, 3.8) is 0 Å². The van der Waals surface area contributed by atoms with Crippen LogP contribution in [0.3, 0.4) is 0 Å². The number of H-pyrrole nitrogens is 1. The molecule has 0 saturated carbocycles. The molecule has 0 unspecified atom stereocenters. The maximum absolute atomic E-state index is 11.6. The zero-order chi connectivity index (χ0) is 14.0. The van der Waals surface area contributed by atoms with Gasteiger partial charge in [-0.2, -0.15) is 4.98 Å². The number of hydrogen-bond donors (Lipinski definition) is 2. The van der Waals surface area contributed by atoms with Crippen molar-refractivity contribution in [1.82, 2.24) is 24.7 Å². The number of nitrogen functional groups attached to an aromatic ring is 1. The second-order valence-electron chi connectivity index (χ2n) is 3.98. The third-order valence-corrected chi connectivity index (χ3v) is 3.37. The first kappa shape index (κ1) is 13.4. The van der Waals surface area contributed by atoms with Gasteiger partial charge < -0.3 is 10.5 Å². The first-order chi connectivity index (χ1) is 9.04. The molecule has 9 heteroatoms. The molecule has 3 N–H and O–H groups in total. The van der Waals surface area contributed by atoms with Crippen molar-refractivity contribution in [1.29, 1.82) is 0 Å². The molecule has 2 heterocycles. The number of methoxy groups -OCH3 is 1. The summed E-state index contributed by atoms with van der Waals surface area (Å²) >= 11 is 1.18. The Morgan fingerprint density at radius 3 is 2.84 bits per heavy atom. The van der Waals surface area contributed by atoms with Crippen LogP contribution in [0.15, 0.2) is 21.3 Å². The van der Waals surface area contributed by atoms with Crippen molar-refractivity contribution in [2.75, 3.05) is 12.8 Å². The fraction of sp³-hybridized carbons (Fsp3) is 0.400. The lowest BCUT2D eigenvalue weighted by Gasteiger charge is -2.09. The van der Waals surface area contributed by atoms with Crippen molar-refractivity contribution in [2.45, 2.75) is 30.1 Å². The Hall–Kier alpha value is -2.03. The summed E-state index contributed by atoms with van der Waals surface area (Å²) in [6, 6.07) is -0.0151. The molecule has 0 aromatic carbocycles. The minimum absolute atomic E-state index is 0.0151. The van der Waals surface area contributed by atoms with Gasteiger partial charge in [0.05, 0.1) is 7.11 Å². The van der Waals surface area contributed by atoms with Crippen LogP contribution in [0.5, 0.6) is 5.88 Å². The molecule has 0 bridgehead atoms. The Bertz CT molecular complexity index is 635. The number of aromatic amines is 1. The van der Waals surface area contributed by atoms with E-state index in [9.17, 15) is 4.79 Å². The summed E-state index contributed by atoms with van der Waals surface area (Å²) in [6.07, 6.45) is 1.35. The molecule has 102 valence electrons. The molecule has 2 rings (SSSR count). The lowest BCUT2D eigenvalue weighted by molar-refractivity contribution is 0.397. The van der Waals surface area contributed by atoms with E-state index in [0.717, 1.165) is 0 Å². The predicted molar refractivity (Wildman–Crippen MR) is 70.4 cm³/mol. The highest BCUT2D eigenvalue weighted by Gasteiger charge is 2.16. The molecular formula is C10H14N6O2S. The number of nitrogens with one attached hydrogen (secondary N) is 1. The van der Waals surface area contributed by atoms with Gasteiger partial charge in [-0.1, -0.05) is 0 Å². The van der Waals surface area contributed by atoms with E-state index in [1.807, 2.05) is 13.8 Å². The number of anilines is 1. The van der Waals surface area contributed by atoms with Crippen LogP contribution in [0.4, 0.5) is 5.69 Å². The van der Waals surface area contributed by atoms with Gasteiger partial charge in [0, 0.05) is 6.04 Å². The van der Waals surface area contributed by atoms with Crippen molar-refractivity contribution in [3.05, 3.63) is 16.8 Å². The van der Waals surface area contributed by atoms with Crippen LogP contribution in [0.25, 0.3) is 0 Å². The third-order valence-electron chi connectivity index (χ3n) is 2.38. The van der Waals surface area contributed by atoms with E-state index in [2.05, 4.69) is 20.2 Å². The highest BCUT2D eigenvalue weighted by Crippen LogP contribution is 2.32. The number of hydrogen-bond acceptors (Lipinski definition) is 7. The molecule has 0 amide bonds. The molecular weight excluding hydrogens is 268 g/mol. The normalized spacial score (nSPS) is 10.9. The van der Waals surface area contributed by atoms with Crippen LogP contribution in [0.2, 0.25) is 0 Å². The van der Waals surface area contributed by atoms with Crippen LogP contribution < -0.4 is 16.2 Å². The first-order valence-corrected chi connectivity index (χ1v) is 6.35. The molecule has 0 aliphatic carbocycles. The standard InChI is InChI=1S/C10H14N6O2S/c1-5(2)16-9(17)14-15-10(16)19-8-6(11)7(18-3)12-4-13-8/h4-5H,11H2,1-3H3,(H,14,17). The second kappa shape index (κ2) is 5.31. The monoisotopic (exact) mass is 282 g/mol. The molecule has 19 heavy (non-hydrogen) atoms. The van der Waals surface area contributed by atoms with E-state index < -0.39 is 0 Å². The molecule has 0 radical (unpaired) electrons. The van der Waals surface area contributed by atoms with Crippen LogP contribution in [0, 0.1) is 0 Å². The second-order valence-corrected chi connectivity index (χ2v) is 4.93. The first-order valence-electron chi connectivity index (χ1n) is 5.53. The molecule has 0 aliphatic heterocycles. The Morgan fingerprint density at radius 2 is 2.21 bits per heavy atom. The summed E-state index contributed by atoms with van der Waals surface area (Å²) in [5.41, 5.74) is 5.93. The van der Waals surface area contributed by atoms with Gasteiger partial charge in [-0.15, -0.1) is 5.10 Å². The summed E-state index contributed by atoms with van der Waals surface area (Å²) in [5, 5.41) is 7.35. The highest BCUT2D eigenvalue weighted by atomic mass is 32.2. The number of nitrogens with zero attached hydrogens (tertiary/aromatic N) is 4. The van der Waals surface area contributed by atoms with Gasteiger partial charge in [0.1, 0.15) is 17.0 Å². The molecule has 0 aliphatic rings. The maximum atomic E-state index is 11.6. The van der Waals surface area contributed by atoms with Crippen LogP contribution in [-0.2, 0) is 0 Å². The van der Waals surface area contributed by atoms with Gasteiger partial charge in [0.2, 0.25) is 5.88 Å². The molecule has 2 aromatic rings. The molecule has 0 spiro atoms. The van der Waals surface area contributed by atoms with Crippen molar-refractivity contribution >= 4 is 17.4 Å². The zero-order valence-electron chi connectivity index (χ0n) is 10.7. The van der Waals surface area contributed by atoms with E-state index in [0.29, 0.717) is 21.7 Å². The Labute approximate surface area is 113 Å². The number of aromatic nitrogens is 5. The third kappa shape index (κ3) is 2.55. The van der Waals surface area contributed by atoms with Gasteiger partial charge >= 0.3 is 5.69 Å². The fourth-order valence-electron chi connectivity index (χ4n) is 1.51. The Morgan fingerprint density at radius 1 is 1.47 bits per heavy atom. The zero-order valence-corrected chi connectivity index (χ0v) is 11.6. The molecule has 0 fully saturated rings. The van der Waals surface area contributed by atoms with E-state index in [4.69, 9.17) is 10.5 Å². The summed E-state index contributed by atoms with van der Waals surface area (Å²) in [7, 11) is 1.48. The highest BCUT2D eigenvalue weighted by molar-refractivity contribution is 7.99. The van der Waals surface area contributed by atoms with Crippen molar-refractivity contribution in [2.24, 2.45) is 0 Å². The summed E-state index contributed by atoms with van der Waals surface area (Å²) in [5.74, 6) is 0.298. The van der Waals surface area contributed by atoms with E-state index >= 15 is 0 Å². The SMILES string of the molecule is COc1ncnc(Sc2n[nH]c(=O)n2C(C)C)c1N. The van der Waals surface area contributed by atoms with E-state index in [1.54, 1.807) is 0 Å². The Kier molecular flexibility index (Phi) is 3.74. The minimum atomic E-state index is -0.267. The predicted octanol–water partition coefficient (Wildman–Crippen LogP) is 0.684. The minimum Gasteiger partial charge on any atom is -0.479 e. The number of rotatable bonds is 4. The van der Waals surface area contributed by atoms with Crippen molar-refractivity contribution < 1.29 is 4.74 Å². The maximum Gasteiger partial charge on any atom is 0.344 e. The van der Waals surface area contributed by atoms with Crippen LogP contribution in [-0.4, -0.2) is 31.8 Å². The molecule has 0 atom stereocenters. The van der Waals surface area contributed by atoms with Gasteiger partial charge in [-0.05, 0) is 25.6 Å². The smallest absolute Gasteiger partial charge is 0.344 e. The topological polar surface area (TPSA) is 112 Å². The molecule has 8 nitrogen and oxygen atoms in total. The van der Waals surface area contributed by atoms with E-state index in [1.165, 1.54) is 29.8 Å². The number of ether oxygens (including phenoxy) is 1. The largest absolute Gasteiger partial charge is 0.479 e. The van der Waals surface area contributed by atoms with Crippen LogP contribution >= 0.6 is 11.8 Å². The molecule has 2 aromatic heterocycles. The fourth-order valence-corrected chi connectivity index (χ4v) is 2.47. The van der Waals surface area contributed by atoms with E-state index in [-0.39, 0.29) is 11.7 Å². The Balaban J connectivity index is 2.40. The van der Waals surface area contributed by atoms with Gasteiger partial charge in [0.15, 0.2) is 5.16 Å². The summed E-state index contributed by atoms with van der Waals surface area (Å²) in [6.45, 7) is 3.79. The summed E-state index contributed by atoms with van der Waals surface area (Å²) in [4.78, 5) is 19.6. The van der Waals surface area contributed by atoms with Gasteiger partial charge in [-0.25, -0.2) is 14.9 Å². The molecule has 0 saturated heterocycles. The van der Waals surface area contributed by atoms with Crippen LogP contribution in [0.1, 0.15) is 19.9 Å². The quantitative estimate of drug-likeness (QED) is 0.793. The van der Waals surface area contributed by atoms with Gasteiger partial charge in [-0.3, -0.25) is 4.57 Å². The lowest BCUT2D eigenvalue weighted by Crippen LogP contribution is -2.19. The average Bonchev–Trinajstić information content (AvgIpc) is 2.73. The van der Waals surface area contributed by atoms with Crippen molar-refractivity contribution in [3.8, 4) is 5.88 Å². The summed E-state index contributed by atoms with van der Waals surface area (Å²) < 4.78 is 6.55.